The molecule has 0 aromatic heterocycles. The summed E-state index contributed by atoms with van der Waals surface area (Å²) in [5, 5.41) is 3.85. The van der Waals surface area contributed by atoms with Crippen molar-refractivity contribution in [2.75, 3.05) is 6.61 Å². The Hall–Kier alpha value is -2.24. The Bertz CT molecular complexity index is 911. The first-order chi connectivity index (χ1) is 14.6. The van der Waals surface area contributed by atoms with E-state index in [9.17, 15) is 9.59 Å². The maximum Gasteiger partial charge on any atom is 0.261 e. The number of aryl methyl sites for hydroxylation is 2. The van der Waals surface area contributed by atoms with Crippen molar-refractivity contribution in [1.29, 1.82) is 0 Å². The Balaban J connectivity index is 2.27. The molecule has 0 aliphatic carbocycles. The highest BCUT2D eigenvalue weighted by atomic mass is 35.5. The fraction of sp³-hybridized carbons (Fsp3) is 0.417. The van der Waals surface area contributed by atoms with E-state index in [-0.39, 0.29) is 31.0 Å². The van der Waals surface area contributed by atoms with Gasteiger partial charge < -0.3 is 15.0 Å². The van der Waals surface area contributed by atoms with Gasteiger partial charge in [-0.15, -0.1) is 0 Å². The first kappa shape index (κ1) is 25.0. The van der Waals surface area contributed by atoms with E-state index in [4.69, 9.17) is 27.9 Å². The molecule has 0 fully saturated rings. The molecule has 1 unspecified atom stereocenters. The number of carbonyl (C=O) groups is 2. The minimum atomic E-state index is -0.649. The topological polar surface area (TPSA) is 58.6 Å². The summed E-state index contributed by atoms with van der Waals surface area (Å²) in [6.07, 6.45) is 0.457. The van der Waals surface area contributed by atoms with Crippen LogP contribution in [-0.4, -0.2) is 35.4 Å². The van der Waals surface area contributed by atoms with Crippen LogP contribution in [0.5, 0.6) is 5.75 Å². The highest BCUT2D eigenvalue weighted by molar-refractivity contribution is 6.35. The Morgan fingerprint density at radius 2 is 1.71 bits per heavy atom. The fourth-order valence-corrected chi connectivity index (χ4v) is 3.85. The van der Waals surface area contributed by atoms with Gasteiger partial charge in [-0.25, -0.2) is 0 Å². The van der Waals surface area contributed by atoms with E-state index < -0.39 is 6.04 Å². The SMILES string of the molecule is CCC(C(=O)NC(C)C)N(Cc1ccc(Cl)cc1Cl)C(=O)COc1cc(C)cc(C)c1. The Morgan fingerprint density at radius 3 is 2.26 bits per heavy atom. The molecule has 5 nitrogen and oxygen atoms in total. The summed E-state index contributed by atoms with van der Waals surface area (Å²) in [4.78, 5) is 27.6. The van der Waals surface area contributed by atoms with Crippen LogP contribution in [0.25, 0.3) is 0 Å². The van der Waals surface area contributed by atoms with E-state index in [0.29, 0.717) is 27.8 Å². The van der Waals surface area contributed by atoms with Gasteiger partial charge >= 0.3 is 0 Å². The standard InChI is InChI=1S/C24H30Cl2N2O3/c1-6-22(24(30)27-15(2)3)28(13-18-7-8-19(25)12-21(18)26)23(29)14-31-20-10-16(4)9-17(5)11-20/h7-12,15,22H,6,13-14H2,1-5H3,(H,27,30). The van der Waals surface area contributed by atoms with Crippen LogP contribution in [0, 0.1) is 13.8 Å². The second-order valence-corrected chi connectivity index (χ2v) is 8.80. The van der Waals surface area contributed by atoms with Crippen molar-refractivity contribution >= 4 is 35.0 Å². The molecule has 0 saturated heterocycles. The number of carbonyl (C=O) groups excluding carboxylic acids is 2. The number of halogens is 2. The summed E-state index contributed by atoms with van der Waals surface area (Å²) in [5.74, 6) is 0.119. The molecule has 0 heterocycles. The summed E-state index contributed by atoms with van der Waals surface area (Å²) < 4.78 is 5.78. The van der Waals surface area contributed by atoms with Crippen molar-refractivity contribution in [3.8, 4) is 5.75 Å². The molecule has 168 valence electrons. The monoisotopic (exact) mass is 464 g/mol. The van der Waals surface area contributed by atoms with Crippen LogP contribution in [0.15, 0.2) is 36.4 Å². The van der Waals surface area contributed by atoms with Crippen LogP contribution in [-0.2, 0) is 16.1 Å². The summed E-state index contributed by atoms with van der Waals surface area (Å²) in [5.41, 5.74) is 2.81. The maximum atomic E-state index is 13.2. The molecule has 1 N–H and O–H groups in total. The summed E-state index contributed by atoms with van der Waals surface area (Å²) in [6.45, 7) is 9.58. The zero-order valence-corrected chi connectivity index (χ0v) is 20.2. The van der Waals surface area contributed by atoms with Gasteiger partial charge in [0.05, 0.1) is 0 Å². The first-order valence-corrected chi connectivity index (χ1v) is 11.1. The number of ether oxygens (including phenoxy) is 1. The smallest absolute Gasteiger partial charge is 0.261 e. The predicted molar refractivity (Wildman–Crippen MR) is 126 cm³/mol. The van der Waals surface area contributed by atoms with Crippen LogP contribution in [0.3, 0.4) is 0 Å². The van der Waals surface area contributed by atoms with Gasteiger partial charge in [-0.05, 0) is 75.1 Å². The quantitative estimate of drug-likeness (QED) is 0.545. The molecule has 2 aromatic carbocycles. The van der Waals surface area contributed by atoms with Crippen molar-refractivity contribution in [1.82, 2.24) is 10.2 Å². The highest BCUT2D eigenvalue weighted by Gasteiger charge is 2.29. The number of amides is 2. The number of nitrogens with one attached hydrogen (secondary N) is 1. The lowest BCUT2D eigenvalue weighted by Crippen LogP contribution is -2.51. The second kappa shape index (κ2) is 11.4. The molecule has 0 saturated carbocycles. The van der Waals surface area contributed by atoms with Crippen LogP contribution in [0.2, 0.25) is 10.0 Å². The van der Waals surface area contributed by atoms with Gasteiger partial charge in [-0.2, -0.15) is 0 Å². The minimum Gasteiger partial charge on any atom is -0.484 e. The average molecular weight is 465 g/mol. The third kappa shape index (κ3) is 7.44. The third-order valence-electron chi connectivity index (χ3n) is 4.73. The molecule has 0 bridgehead atoms. The van der Waals surface area contributed by atoms with Crippen LogP contribution in [0.4, 0.5) is 0 Å². The lowest BCUT2D eigenvalue weighted by atomic mass is 10.1. The molecular formula is C24H30Cl2N2O3. The summed E-state index contributed by atoms with van der Waals surface area (Å²) in [6, 6.07) is 10.2. The Morgan fingerprint density at radius 1 is 1.06 bits per heavy atom. The molecule has 0 radical (unpaired) electrons. The average Bonchev–Trinajstić information content (AvgIpc) is 2.66. The Kier molecular flexibility index (Phi) is 9.20. The van der Waals surface area contributed by atoms with E-state index in [1.165, 1.54) is 4.90 Å². The largest absolute Gasteiger partial charge is 0.484 e. The van der Waals surface area contributed by atoms with Crippen molar-refractivity contribution in [3.05, 3.63) is 63.1 Å². The number of hydrogen-bond acceptors (Lipinski definition) is 3. The first-order valence-electron chi connectivity index (χ1n) is 10.4. The molecule has 0 aliphatic heterocycles. The molecule has 7 heteroatoms. The summed E-state index contributed by atoms with van der Waals surface area (Å²) >= 11 is 12.4. The lowest BCUT2D eigenvalue weighted by Gasteiger charge is -2.31. The number of nitrogens with zero attached hydrogens (tertiary/aromatic N) is 1. The molecule has 31 heavy (non-hydrogen) atoms. The molecule has 2 rings (SSSR count). The van der Waals surface area contributed by atoms with Gasteiger partial charge in [0, 0.05) is 22.6 Å². The van der Waals surface area contributed by atoms with Gasteiger partial charge in [0.15, 0.2) is 6.61 Å². The van der Waals surface area contributed by atoms with Gasteiger partial charge in [0.2, 0.25) is 5.91 Å². The fourth-order valence-electron chi connectivity index (χ4n) is 3.38. The molecule has 0 aliphatic rings. The van der Waals surface area contributed by atoms with Crippen LogP contribution < -0.4 is 10.1 Å². The minimum absolute atomic E-state index is 0.0378. The van der Waals surface area contributed by atoms with E-state index in [2.05, 4.69) is 5.32 Å². The van der Waals surface area contributed by atoms with E-state index in [1.807, 2.05) is 52.8 Å². The van der Waals surface area contributed by atoms with E-state index in [0.717, 1.165) is 11.1 Å². The van der Waals surface area contributed by atoms with Gasteiger partial charge in [0.25, 0.3) is 5.91 Å². The number of benzene rings is 2. The van der Waals surface area contributed by atoms with E-state index >= 15 is 0 Å². The van der Waals surface area contributed by atoms with Crippen molar-refractivity contribution < 1.29 is 14.3 Å². The van der Waals surface area contributed by atoms with Crippen molar-refractivity contribution in [3.63, 3.8) is 0 Å². The zero-order valence-electron chi connectivity index (χ0n) is 18.7. The highest BCUT2D eigenvalue weighted by Crippen LogP contribution is 2.24. The summed E-state index contributed by atoms with van der Waals surface area (Å²) in [7, 11) is 0. The van der Waals surface area contributed by atoms with Gasteiger partial charge in [0.1, 0.15) is 11.8 Å². The molecule has 2 amide bonds. The molecular weight excluding hydrogens is 435 g/mol. The number of hydrogen-bond donors (Lipinski definition) is 1. The van der Waals surface area contributed by atoms with Crippen LogP contribution in [0.1, 0.15) is 43.9 Å². The third-order valence-corrected chi connectivity index (χ3v) is 5.32. The molecule has 0 spiro atoms. The molecule has 1 atom stereocenters. The normalized spacial score (nSPS) is 11.9. The van der Waals surface area contributed by atoms with Crippen molar-refractivity contribution in [2.24, 2.45) is 0 Å². The number of rotatable bonds is 9. The zero-order chi connectivity index (χ0) is 23.1. The van der Waals surface area contributed by atoms with Gasteiger partial charge in [-0.3, -0.25) is 9.59 Å². The maximum absolute atomic E-state index is 13.2. The second-order valence-electron chi connectivity index (χ2n) is 7.96. The molecule has 2 aromatic rings. The predicted octanol–water partition coefficient (Wildman–Crippen LogP) is 5.32. The lowest BCUT2D eigenvalue weighted by molar-refractivity contribution is -0.143. The Labute approximate surface area is 194 Å². The van der Waals surface area contributed by atoms with E-state index in [1.54, 1.807) is 18.2 Å². The van der Waals surface area contributed by atoms with Crippen LogP contribution >= 0.6 is 23.2 Å². The van der Waals surface area contributed by atoms with Gasteiger partial charge in [-0.1, -0.05) is 42.3 Å². The van der Waals surface area contributed by atoms with Crippen molar-refractivity contribution in [2.45, 2.75) is 59.7 Å².